The first-order chi connectivity index (χ1) is 12.0. The topological polar surface area (TPSA) is 69.8 Å². The minimum atomic E-state index is -1.13. The van der Waals surface area contributed by atoms with Gasteiger partial charge < -0.3 is 20.2 Å². The number of nitrogens with one attached hydrogen (secondary N) is 2. The van der Waals surface area contributed by atoms with E-state index in [1.54, 1.807) is 25.3 Å². The summed E-state index contributed by atoms with van der Waals surface area (Å²) in [6.45, 7) is 6.86. The lowest BCUT2D eigenvalue weighted by Crippen LogP contribution is -2.43. The van der Waals surface area contributed by atoms with Crippen LogP contribution in [-0.2, 0) is 12.0 Å². The third kappa shape index (κ3) is 6.27. The van der Waals surface area contributed by atoms with Crippen LogP contribution in [0.1, 0.15) is 38.5 Å². The van der Waals surface area contributed by atoms with Gasteiger partial charge in [-0.25, -0.2) is 4.99 Å². The normalized spacial score (nSPS) is 15.4. The summed E-state index contributed by atoms with van der Waals surface area (Å²) in [6.07, 6.45) is 3.57. The molecule has 5 nitrogen and oxygen atoms in total. The molecule has 0 amide bonds. The van der Waals surface area contributed by atoms with Crippen LogP contribution in [0.15, 0.2) is 58.1 Å². The number of aliphatic imine (C=N–C) groups is 1. The van der Waals surface area contributed by atoms with Crippen LogP contribution in [0.25, 0.3) is 0 Å². The maximum Gasteiger partial charge on any atom is 0.191 e. The quantitative estimate of drug-likeness (QED) is 0.509. The molecule has 136 valence electrons. The number of hydrogen-bond acceptors (Lipinski definition) is 3. The molecule has 3 N–H and O–H groups in total. The van der Waals surface area contributed by atoms with Gasteiger partial charge in [0, 0.05) is 12.6 Å². The minimum absolute atomic E-state index is 0.223. The molecule has 0 aliphatic rings. The Bertz CT molecular complexity index is 636. The van der Waals surface area contributed by atoms with Crippen LogP contribution in [-0.4, -0.2) is 30.2 Å². The van der Waals surface area contributed by atoms with Crippen LogP contribution < -0.4 is 10.6 Å². The van der Waals surface area contributed by atoms with Crippen LogP contribution in [0, 0.1) is 0 Å². The smallest absolute Gasteiger partial charge is 0.191 e. The zero-order valence-electron chi connectivity index (χ0n) is 15.3. The summed E-state index contributed by atoms with van der Waals surface area (Å²) < 4.78 is 5.30. The Labute approximate surface area is 150 Å². The SMILES string of the molecule is CCNC(=NCC(C)(O)c1ccco1)NC(C)CCc1ccccc1. The molecule has 0 aliphatic heterocycles. The van der Waals surface area contributed by atoms with Gasteiger partial charge in [0.2, 0.25) is 0 Å². The summed E-state index contributed by atoms with van der Waals surface area (Å²) in [5, 5.41) is 17.2. The van der Waals surface area contributed by atoms with E-state index in [1.807, 2.05) is 13.0 Å². The second-order valence-electron chi connectivity index (χ2n) is 6.52. The van der Waals surface area contributed by atoms with E-state index in [0.717, 1.165) is 19.4 Å². The number of nitrogens with zero attached hydrogens (tertiary/aromatic N) is 1. The number of furan rings is 1. The van der Waals surface area contributed by atoms with Gasteiger partial charge in [0.25, 0.3) is 0 Å². The third-order valence-corrected chi connectivity index (χ3v) is 4.03. The number of aryl methyl sites for hydroxylation is 1. The largest absolute Gasteiger partial charge is 0.466 e. The molecule has 0 saturated carbocycles. The number of hydrogen-bond donors (Lipinski definition) is 3. The Morgan fingerprint density at radius 1 is 1.24 bits per heavy atom. The summed E-state index contributed by atoms with van der Waals surface area (Å²) in [5.41, 5.74) is 0.206. The fourth-order valence-corrected chi connectivity index (χ4v) is 2.55. The Kier molecular flexibility index (Phi) is 7.07. The molecule has 1 aromatic carbocycles. The second kappa shape index (κ2) is 9.28. The van der Waals surface area contributed by atoms with Gasteiger partial charge in [0.1, 0.15) is 11.4 Å². The van der Waals surface area contributed by atoms with Crippen molar-refractivity contribution in [1.82, 2.24) is 10.6 Å². The molecule has 5 heteroatoms. The molecule has 0 radical (unpaired) electrons. The molecule has 0 bridgehead atoms. The molecule has 2 unspecified atom stereocenters. The van der Waals surface area contributed by atoms with E-state index in [9.17, 15) is 5.11 Å². The van der Waals surface area contributed by atoms with Gasteiger partial charge in [0.15, 0.2) is 5.96 Å². The van der Waals surface area contributed by atoms with Gasteiger partial charge in [0.05, 0.1) is 12.8 Å². The highest BCUT2D eigenvalue weighted by molar-refractivity contribution is 5.80. The van der Waals surface area contributed by atoms with Crippen molar-refractivity contribution in [3.63, 3.8) is 0 Å². The number of rotatable bonds is 8. The summed E-state index contributed by atoms with van der Waals surface area (Å²) in [5.74, 6) is 1.22. The lowest BCUT2D eigenvalue weighted by atomic mass is 10.0. The standard InChI is InChI=1S/C20H29N3O2/c1-4-21-19(22-15-20(3,24)18-11-8-14-25-18)23-16(2)12-13-17-9-6-5-7-10-17/h5-11,14,16,24H,4,12-13,15H2,1-3H3,(H2,21,22,23). The van der Waals surface area contributed by atoms with Gasteiger partial charge in [-0.15, -0.1) is 0 Å². The molecule has 0 aliphatic carbocycles. The Hall–Kier alpha value is -2.27. The summed E-state index contributed by atoms with van der Waals surface area (Å²) >= 11 is 0. The van der Waals surface area contributed by atoms with Crippen LogP contribution in [0.3, 0.4) is 0 Å². The van der Waals surface area contributed by atoms with Gasteiger partial charge >= 0.3 is 0 Å². The molecule has 0 fully saturated rings. The highest BCUT2D eigenvalue weighted by Crippen LogP contribution is 2.21. The average molecular weight is 343 g/mol. The molecular weight excluding hydrogens is 314 g/mol. The lowest BCUT2D eigenvalue weighted by molar-refractivity contribution is 0.0436. The predicted octanol–water partition coefficient (Wildman–Crippen LogP) is 3.06. The maximum absolute atomic E-state index is 10.5. The highest BCUT2D eigenvalue weighted by atomic mass is 16.4. The van der Waals surface area contributed by atoms with E-state index >= 15 is 0 Å². The average Bonchev–Trinajstić information content (AvgIpc) is 3.15. The van der Waals surface area contributed by atoms with Gasteiger partial charge in [-0.3, -0.25) is 0 Å². The molecule has 2 rings (SSSR count). The fourth-order valence-electron chi connectivity index (χ4n) is 2.55. The van der Waals surface area contributed by atoms with E-state index in [0.29, 0.717) is 11.7 Å². The first-order valence-corrected chi connectivity index (χ1v) is 8.86. The summed E-state index contributed by atoms with van der Waals surface area (Å²) in [7, 11) is 0. The van der Waals surface area contributed by atoms with Gasteiger partial charge in [-0.2, -0.15) is 0 Å². The van der Waals surface area contributed by atoms with E-state index in [4.69, 9.17) is 4.42 Å². The van der Waals surface area contributed by atoms with Gasteiger partial charge in [-0.05, 0) is 51.3 Å². The van der Waals surface area contributed by atoms with Crippen molar-refractivity contribution in [2.75, 3.05) is 13.1 Å². The maximum atomic E-state index is 10.5. The molecule has 1 heterocycles. The van der Waals surface area contributed by atoms with E-state index in [-0.39, 0.29) is 12.6 Å². The van der Waals surface area contributed by atoms with Crippen LogP contribution in [0.2, 0.25) is 0 Å². The summed E-state index contributed by atoms with van der Waals surface area (Å²) in [6, 6.07) is 14.3. The van der Waals surface area contributed by atoms with E-state index in [1.165, 1.54) is 5.56 Å². The van der Waals surface area contributed by atoms with Crippen molar-refractivity contribution in [3.05, 3.63) is 60.1 Å². The monoisotopic (exact) mass is 343 g/mol. The first kappa shape index (κ1) is 19.1. The van der Waals surface area contributed by atoms with Crippen LogP contribution in [0.5, 0.6) is 0 Å². The zero-order valence-corrected chi connectivity index (χ0v) is 15.3. The second-order valence-corrected chi connectivity index (χ2v) is 6.52. The van der Waals surface area contributed by atoms with Crippen molar-refractivity contribution in [3.8, 4) is 0 Å². The molecule has 2 aromatic rings. The van der Waals surface area contributed by atoms with Crippen molar-refractivity contribution in [2.24, 2.45) is 4.99 Å². The predicted molar refractivity (Wildman–Crippen MR) is 102 cm³/mol. The number of aliphatic hydroxyl groups is 1. The van der Waals surface area contributed by atoms with Crippen LogP contribution >= 0.6 is 0 Å². The lowest BCUT2D eigenvalue weighted by Gasteiger charge is -2.21. The van der Waals surface area contributed by atoms with Crippen LogP contribution in [0.4, 0.5) is 0 Å². The zero-order chi connectivity index (χ0) is 18.1. The van der Waals surface area contributed by atoms with Crippen molar-refractivity contribution < 1.29 is 9.52 Å². The Morgan fingerprint density at radius 2 is 2.00 bits per heavy atom. The van der Waals surface area contributed by atoms with E-state index < -0.39 is 5.60 Å². The Balaban J connectivity index is 1.90. The number of guanidine groups is 1. The molecule has 0 spiro atoms. The molecular formula is C20H29N3O2. The van der Waals surface area contributed by atoms with Crippen molar-refractivity contribution in [1.29, 1.82) is 0 Å². The molecule has 0 saturated heterocycles. The van der Waals surface area contributed by atoms with Crippen molar-refractivity contribution in [2.45, 2.75) is 45.3 Å². The third-order valence-electron chi connectivity index (χ3n) is 4.03. The molecule has 2 atom stereocenters. The number of benzene rings is 1. The fraction of sp³-hybridized carbons (Fsp3) is 0.450. The van der Waals surface area contributed by atoms with Crippen molar-refractivity contribution >= 4 is 5.96 Å². The first-order valence-electron chi connectivity index (χ1n) is 8.86. The van der Waals surface area contributed by atoms with Gasteiger partial charge in [-0.1, -0.05) is 30.3 Å². The molecule has 25 heavy (non-hydrogen) atoms. The minimum Gasteiger partial charge on any atom is -0.466 e. The summed E-state index contributed by atoms with van der Waals surface area (Å²) in [4.78, 5) is 4.52. The highest BCUT2D eigenvalue weighted by Gasteiger charge is 2.26. The molecule has 1 aromatic heterocycles. The van der Waals surface area contributed by atoms with E-state index in [2.05, 4.69) is 46.8 Å². The Morgan fingerprint density at radius 3 is 2.64 bits per heavy atom.